The molecule has 1 aliphatic heterocycles. The minimum absolute atomic E-state index is 0.305. The van der Waals surface area contributed by atoms with Gasteiger partial charge < -0.3 is 20.5 Å². The minimum atomic E-state index is -3.41. The Hall–Kier alpha value is -2.78. The fourth-order valence-corrected chi connectivity index (χ4v) is 4.95. The van der Waals surface area contributed by atoms with Crippen LogP contribution < -0.4 is 20.5 Å². The lowest BCUT2D eigenvalue weighted by Crippen LogP contribution is -2.35. The third-order valence-electron chi connectivity index (χ3n) is 5.23. The number of hydrogen-bond acceptors (Lipinski definition) is 5. The number of benzene rings is 2. The van der Waals surface area contributed by atoms with Crippen LogP contribution in [-0.4, -0.2) is 46.0 Å². The predicted octanol–water partition coefficient (Wildman–Crippen LogP) is 2.48. The van der Waals surface area contributed by atoms with Crippen molar-refractivity contribution in [3.8, 4) is 11.5 Å². The quantitative estimate of drug-likeness (QED) is 0.477. The average molecular weight is 447 g/mol. The summed E-state index contributed by atoms with van der Waals surface area (Å²) in [7, 11) is -0.237. The number of guanidine groups is 1. The third-order valence-corrected chi connectivity index (χ3v) is 7.14. The zero-order valence-corrected chi connectivity index (χ0v) is 18.8. The maximum Gasteiger partial charge on any atom is 0.243 e. The van der Waals surface area contributed by atoms with Crippen molar-refractivity contribution in [2.24, 2.45) is 10.7 Å². The number of piperidine rings is 1. The Morgan fingerprint density at radius 2 is 1.65 bits per heavy atom. The first-order chi connectivity index (χ1) is 14.9. The zero-order valence-electron chi connectivity index (χ0n) is 18.0. The van der Waals surface area contributed by atoms with E-state index in [1.165, 1.54) is 0 Å². The van der Waals surface area contributed by atoms with Gasteiger partial charge in [0.05, 0.1) is 25.7 Å². The summed E-state index contributed by atoms with van der Waals surface area (Å²) in [5.74, 6) is 1.60. The maximum atomic E-state index is 12.7. The summed E-state index contributed by atoms with van der Waals surface area (Å²) >= 11 is 0. The van der Waals surface area contributed by atoms with E-state index in [0.29, 0.717) is 48.5 Å². The summed E-state index contributed by atoms with van der Waals surface area (Å²) in [6.07, 6.45) is 2.93. The van der Waals surface area contributed by atoms with Crippen molar-refractivity contribution < 1.29 is 17.9 Å². The second-order valence-corrected chi connectivity index (χ2v) is 9.29. The topological polar surface area (TPSA) is 106 Å². The number of nitrogens with two attached hydrogens (primary N) is 1. The summed E-state index contributed by atoms with van der Waals surface area (Å²) in [5, 5.41) is 3.05. The van der Waals surface area contributed by atoms with Crippen LogP contribution in [0.2, 0.25) is 0 Å². The van der Waals surface area contributed by atoms with Crippen LogP contribution >= 0.6 is 0 Å². The molecule has 8 nitrogen and oxygen atoms in total. The highest BCUT2D eigenvalue weighted by atomic mass is 32.2. The SMILES string of the molecule is COc1ccc(CN=C(N)NCc2ccc(S(=O)(=O)N3CCCCC3)cc2)cc1OC. The first-order valence-corrected chi connectivity index (χ1v) is 11.7. The van der Waals surface area contributed by atoms with E-state index in [4.69, 9.17) is 15.2 Å². The molecule has 3 N–H and O–H groups in total. The largest absolute Gasteiger partial charge is 0.493 e. The summed E-state index contributed by atoms with van der Waals surface area (Å²) in [6, 6.07) is 12.5. The number of rotatable bonds is 8. The number of methoxy groups -OCH3 is 2. The van der Waals surface area contributed by atoms with E-state index in [2.05, 4.69) is 10.3 Å². The maximum absolute atomic E-state index is 12.7. The fourth-order valence-electron chi connectivity index (χ4n) is 3.44. The first kappa shape index (κ1) is 22.9. The number of nitrogens with zero attached hydrogens (tertiary/aromatic N) is 2. The highest BCUT2D eigenvalue weighted by Gasteiger charge is 2.25. The molecule has 168 valence electrons. The molecule has 0 bridgehead atoms. The van der Waals surface area contributed by atoms with Crippen LogP contribution in [0.4, 0.5) is 0 Å². The Morgan fingerprint density at radius 1 is 1.00 bits per heavy atom. The summed E-state index contributed by atoms with van der Waals surface area (Å²) in [5.41, 5.74) is 7.83. The molecule has 3 rings (SSSR count). The van der Waals surface area contributed by atoms with Crippen LogP contribution in [0.1, 0.15) is 30.4 Å². The van der Waals surface area contributed by atoms with Crippen LogP contribution in [-0.2, 0) is 23.1 Å². The molecule has 0 unspecified atom stereocenters. The second kappa shape index (κ2) is 10.5. The molecule has 2 aromatic carbocycles. The van der Waals surface area contributed by atoms with Crippen LogP contribution in [0.3, 0.4) is 0 Å². The van der Waals surface area contributed by atoms with E-state index < -0.39 is 10.0 Å². The predicted molar refractivity (Wildman–Crippen MR) is 121 cm³/mol. The fraction of sp³-hybridized carbons (Fsp3) is 0.409. The number of sulfonamides is 1. The molecule has 0 aromatic heterocycles. The van der Waals surface area contributed by atoms with Gasteiger partial charge in [-0.25, -0.2) is 13.4 Å². The van der Waals surface area contributed by atoms with E-state index in [0.717, 1.165) is 30.4 Å². The van der Waals surface area contributed by atoms with Crippen molar-refractivity contribution in [1.82, 2.24) is 9.62 Å². The van der Waals surface area contributed by atoms with Gasteiger partial charge in [-0.2, -0.15) is 4.31 Å². The second-order valence-electron chi connectivity index (χ2n) is 7.35. The molecule has 0 spiro atoms. The number of hydrogen-bond donors (Lipinski definition) is 2. The van der Waals surface area contributed by atoms with Crippen molar-refractivity contribution in [1.29, 1.82) is 0 Å². The molecule has 1 saturated heterocycles. The van der Waals surface area contributed by atoms with E-state index >= 15 is 0 Å². The van der Waals surface area contributed by atoms with Crippen LogP contribution in [0.25, 0.3) is 0 Å². The van der Waals surface area contributed by atoms with Gasteiger partial charge in [0.1, 0.15) is 0 Å². The van der Waals surface area contributed by atoms with Gasteiger partial charge in [-0.1, -0.05) is 24.6 Å². The summed E-state index contributed by atoms with van der Waals surface area (Å²) < 4.78 is 37.5. The number of nitrogens with one attached hydrogen (secondary N) is 1. The van der Waals surface area contributed by atoms with Gasteiger partial charge >= 0.3 is 0 Å². The minimum Gasteiger partial charge on any atom is -0.493 e. The Balaban J connectivity index is 1.56. The van der Waals surface area contributed by atoms with Gasteiger partial charge in [-0.3, -0.25) is 0 Å². The average Bonchev–Trinajstić information content (AvgIpc) is 2.82. The lowest BCUT2D eigenvalue weighted by Gasteiger charge is -2.25. The zero-order chi connectivity index (χ0) is 22.3. The Labute approximate surface area is 184 Å². The van der Waals surface area contributed by atoms with Crippen LogP contribution in [0.5, 0.6) is 11.5 Å². The molecule has 0 atom stereocenters. The Morgan fingerprint density at radius 3 is 2.29 bits per heavy atom. The molecule has 9 heteroatoms. The monoisotopic (exact) mass is 446 g/mol. The third kappa shape index (κ3) is 5.89. The molecule has 0 radical (unpaired) electrons. The van der Waals surface area contributed by atoms with Crippen molar-refractivity contribution >= 4 is 16.0 Å². The van der Waals surface area contributed by atoms with Crippen LogP contribution in [0.15, 0.2) is 52.4 Å². The molecular weight excluding hydrogens is 416 g/mol. The van der Waals surface area contributed by atoms with Crippen molar-refractivity contribution in [3.05, 3.63) is 53.6 Å². The Kier molecular flexibility index (Phi) is 7.75. The summed E-state index contributed by atoms with van der Waals surface area (Å²) in [6.45, 7) is 2.04. The highest BCUT2D eigenvalue weighted by Crippen LogP contribution is 2.27. The smallest absolute Gasteiger partial charge is 0.243 e. The molecule has 31 heavy (non-hydrogen) atoms. The molecule has 0 saturated carbocycles. The first-order valence-electron chi connectivity index (χ1n) is 10.3. The molecule has 0 aliphatic carbocycles. The molecular formula is C22H30N4O4S. The van der Waals surface area contributed by atoms with Gasteiger partial charge in [0.25, 0.3) is 0 Å². The standard InChI is InChI=1S/C22H30N4O4S/c1-29-20-11-8-18(14-21(20)30-2)16-25-22(23)24-15-17-6-9-19(10-7-17)31(27,28)26-12-4-3-5-13-26/h6-11,14H,3-5,12-13,15-16H2,1-2H3,(H3,23,24,25). The van der Waals surface area contributed by atoms with Crippen LogP contribution in [0, 0.1) is 0 Å². The van der Waals surface area contributed by atoms with E-state index in [1.54, 1.807) is 42.8 Å². The Bertz CT molecular complexity index is 1000. The molecule has 1 heterocycles. The number of aliphatic imine (C=N–C) groups is 1. The van der Waals surface area contributed by atoms with Gasteiger partial charge in [0.15, 0.2) is 17.5 Å². The van der Waals surface area contributed by atoms with E-state index in [-0.39, 0.29) is 0 Å². The lowest BCUT2D eigenvalue weighted by molar-refractivity contribution is 0.346. The van der Waals surface area contributed by atoms with Gasteiger partial charge in [0.2, 0.25) is 10.0 Å². The summed E-state index contributed by atoms with van der Waals surface area (Å²) in [4.78, 5) is 4.67. The molecule has 2 aromatic rings. The van der Waals surface area contributed by atoms with Crippen molar-refractivity contribution in [2.45, 2.75) is 37.2 Å². The van der Waals surface area contributed by atoms with Crippen molar-refractivity contribution in [3.63, 3.8) is 0 Å². The van der Waals surface area contributed by atoms with E-state index in [9.17, 15) is 8.42 Å². The number of ether oxygens (including phenoxy) is 2. The molecule has 1 fully saturated rings. The van der Waals surface area contributed by atoms with Gasteiger partial charge in [-0.15, -0.1) is 0 Å². The van der Waals surface area contributed by atoms with Gasteiger partial charge in [0, 0.05) is 19.6 Å². The van der Waals surface area contributed by atoms with Crippen molar-refractivity contribution in [2.75, 3.05) is 27.3 Å². The van der Waals surface area contributed by atoms with E-state index in [1.807, 2.05) is 18.2 Å². The highest BCUT2D eigenvalue weighted by molar-refractivity contribution is 7.89. The normalized spacial score (nSPS) is 15.5. The molecule has 0 amide bonds. The lowest BCUT2D eigenvalue weighted by atomic mass is 10.2. The van der Waals surface area contributed by atoms with Gasteiger partial charge in [-0.05, 0) is 48.2 Å². The molecule has 1 aliphatic rings.